The third-order valence-corrected chi connectivity index (χ3v) is 0.500. The van der Waals surface area contributed by atoms with Gasteiger partial charge < -0.3 is 5.48 Å². The summed E-state index contributed by atoms with van der Waals surface area (Å²) >= 11 is 0. The number of hydrogen-bond donors (Lipinski definition) is 0. The highest BCUT2D eigenvalue weighted by molar-refractivity contribution is 5.97. The van der Waals surface area contributed by atoms with Gasteiger partial charge in [-0.3, -0.25) is 4.58 Å². The molecule has 0 fully saturated rings. The van der Waals surface area contributed by atoms with Gasteiger partial charge in [-0.05, 0) is 20.8 Å². The van der Waals surface area contributed by atoms with Crippen LogP contribution >= 0.6 is 0 Å². The Bertz CT molecular complexity index is 49.7. The SMILES string of the molecule is CC(C)(C)OO[SiH3].O. The molecule has 0 radical (unpaired) electrons. The van der Waals surface area contributed by atoms with Crippen LogP contribution in [0.5, 0.6) is 0 Å². The van der Waals surface area contributed by atoms with Crippen molar-refractivity contribution in [2.75, 3.05) is 0 Å². The fraction of sp³-hybridized carbons (Fsp3) is 1.00. The quantitative estimate of drug-likeness (QED) is 0.270. The molecule has 0 saturated carbocycles. The van der Waals surface area contributed by atoms with Crippen LogP contribution in [0.25, 0.3) is 0 Å². The maximum atomic E-state index is 4.79. The zero-order chi connectivity index (χ0) is 5.91. The minimum atomic E-state index is -0.137. The molecular weight excluding hydrogens is 124 g/mol. The Balaban J connectivity index is 0. The summed E-state index contributed by atoms with van der Waals surface area (Å²) in [5, 5.41) is 0. The van der Waals surface area contributed by atoms with Gasteiger partial charge in [-0.15, -0.1) is 0 Å². The van der Waals surface area contributed by atoms with Gasteiger partial charge in [0.1, 0.15) is 0 Å². The van der Waals surface area contributed by atoms with Crippen LogP contribution in [0.3, 0.4) is 0 Å². The predicted molar refractivity (Wildman–Crippen MR) is 35.5 cm³/mol. The first-order chi connectivity index (χ1) is 3.06. The van der Waals surface area contributed by atoms with Crippen molar-refractivity contribution in [2.24, 2.45) is 0 Å². The van der Waals surface area contributed by atoms with Crippen LogP contribution < -0.4 is 0 Å². The van der Waals surface area contributed by atoms with Crippen LogP contribution in [0, 0.1) is 0 Å². The molecule has 0 aromatic rings. The Morgan fingerprint density at radius 1 is 1.25 bits per heavy atom. The largest absolute Gasteiger partial charge is 0.412 e. The summed E-state index contributed by atoms with van der Waals surface area (Å²) in [5.74, 6) is 0. The average Bonchev–Trinajstić information content (AvgIpc) is 1.30. The Morgan fingerprint density at radius 3 is 1.62 bits per heavy atom. The fourth-order valence-corrected chi connectivity index (χ4v) is 0.750. The number of hydrogen-bond acceptors (Lipinski definition) is 2. The minimum absolute atomic E-state index is 0. The summed E-state index contributed by atoms with van der Waals surface area (Å²) in [6.07, 6.45) is 0. The second-order valence-corrected chi connectivity index (χ2v) is 2.70. The van der Waals surface area contributed by atoms with Gasteiger partial charge in [0, 0.05) is 0 Å². The van der Waals surface area contributed by atoms with Gasteiger partial charge in [-0.1, -0.05) is 0 Å². The third kappa shape index (κ3) is 9.44. The van der Waals surface area contributed by atoms with Crippen LogP contribution in [0.4, 0.5) is 0 Å². The van der Waals surface area contributed by atoms with Crippen molar-refractivity contribution in [1.29, 1.82) is 0 Å². The van der Waals surface area contributed by atoms with E-state index in [0.717, 1.165) is 0 Å². The maximum Gasteiger partial charge on any atom is 0.193 e. The summed E-state index contributed by atoms with van der Waals surface area (Å²) in [7, 11) is 0.648. The van der Waals surface area contributed by atoms with Gasteiger partial charge in [0.05, 0.1) is 5.60 Å². The van der Waals surface area contributed by atoms with Crippen molar-refractivity contribution in [3.63, 3.8) is 0 Å². The molecule has 3 nitrogen and oxygen atoms in total. The zero-order valence-corrected chi connectivity index (χ0v) is 7.82. The maximum absolute atomic E-state index is 4.79. The van der Waals surface area contributed by atoms with E-state index >= 15 is 0 Å². The van der Waals surface area contributed by atoms with Gasteiger partial charge in [0.15, 0.2) is 10.5 Å². The summed E-state index contributed by atoms with van der Waals surface area (Å²) in [6.45, 7) is 5.85. The van der Waals surface area contributed by atoms with E-state index in [4.69, 9.17) is 4.89 Å². The van der Waals surface area contributed by atoms with Crippen LogP contribution in [0.15, 0.2) is 0 Å². The summed E-state index contributed by atoms with van der Waals surface area (Å²) in [5.41, 5.74) is -0.137. The normalized spacial score (nSPS) is 10.9. The van der Waals surface area contributed by atoms with Crippen molar-refractivity contribution in [2.45, 2.75) is 26.4 Å². The molecule has 0 aliphatic carbocycles. The van der Waals surface area contributed by atoms with Gasteiger partial charge in [-0.2, -0.15) is 0 Å². The van der Waals surface area contributed by atoms with E-state index < -0.39 is 0 Å². The molecule has 4 heteroatoms. The molecule has 8 heavy (non-hydrogen) atoms. The lowest BCUT2D eigenvalue weighted by Gasteiger charge is -2.15. The Kier molecular flexibility index (Phi) is 5.52. The first-order valence-electron chi connectivity index (χ1n) is 2.28. The van der Waals surface area contributed by atoms with Gasteiger partial charge in [0.25, 0.3) is 0 Å². The Morgan fingerprint density at radius 2 is 1.62 bits per heavy atom. The second-order valence-electron chi connectivity index (χ2n) is 2.36. The van der Waals surface area contributed by atoms with E-state index in [-0.39, 0.29) is 11.1 Å². The molecule has 0 saturated heterocycles. The lowest BCUT2D eigenvalue weighted by molar-refractivity contribution is -0.273. The van der Waals surface area contributed by atoms with Crippen LogP contribution in [0.2, 0.25) is 0 Å². The topological polar surface area (TPSA) is 50.0 Å². The van der Waals surface area contributed by atoms with Gasteiger partial charge in [0.2, 0.25) is 0 Å². The van der Waals surface area contributed by atoms with Gasteiger partial charge >= 0.3 is 0 Å². The molecule has 2 N–H and O–H groups in total. The zero-order valence-electron chi connectivity index (χ0n) is 5.82. The molecule has 0 aromatic heterocycles. The summed E-state index contributed by atoms with van der Waals surface area (Å²) < 4.78 is 4.55. The first-order valence-corrected chi connectivity index (χ1v) is 3.10. The molecule has 0 unspecified atom stereocenters. The monoisotopic (exact) mass is 138 g/mol. The Labute approximate surface area is 52.8 Å². The van der Waals surface area contributed by atoms with Gasteiger partial charge in [-0.25, -0.2) is 4.89 Å². The molecular formula is C4H14O3Si. The van der Waals surface area contributed by atoms with E-state index in [1.165, 1.54) is 0 Å². The Hall–Kier alpha value is 0.0969. The minimum Gasteiger partial charge on any atom is -0.412 e. The first kappa shape index (κ1) is 11.0. The standard InChI is InChI=1S/C4H12O2Si.H2O/c1-4(2,3)5-6-7;/h1-3,7H3;1H2. The lowest BCUT2D eigenvalue weighted by atomic mass is 10.2. The molecule has 0 rings (SSSR count). The second kappa shape index (κ2) is 4.02. The van der Waals surface area contributed by atoms with E-state index in [1.807, 2.05) is 20.8 Å². The highest BCUT2D eigenvalue weighted by Crippen LogP contribution is 2.04. The molecule has 0 atom stereocenters. The number of rotatable bonds is 1. The smallest absolute Gasteiger partial charge is 0.193 e. The van der Waals surface area contributed by atoms with E-state index in [9.17, 15) is 0 Å². The summed E-state index contributed by atoms with van der Waals surface area (Å²) in [4.78, 5) is 4.79. The highest BCUT2D eigenvalue weighted by atomic mass is 28.2. The van der Waals surface area contributed by atoms with E-state index in [1.54, 1.807) is 0 Å². The molecule has 0 aliphatic heterocycles. The van der Waals surface area contributed by atoms with Crippen molar-refractivity contribution in [1.82, 2.24) is 0 Å². The van der Waals surface area contributed by atoms with Crippen molar-refractivity contribution in [3.8, 4) is 0 Å². The molecule has 0 spiro atoms. The lowest BCUT2D eigenvalue weighted by Crippen LogP contribution is -2.18. The molecule has 0 aliphatic rings. The third-order valence-electron chi connectivity index (χ3n) is 0.333. The molecule has 0 amide bonds. The van der Waals surface area contributed by atoms with Crippen molar-refractivity contribution < 1.29 is 14.9 Å². The average molecular weight is 138 g/mol. The van der Waals surface area contributed by atoms with E-state index in [0.29, 0.717) is 10.5 Å². The van der Waals surface area contributed by atoms with Crippen molar-refractivity contribution >= 4 is 10.5 Å². The molecule has 0 aromatic carbocycles. The van der Waals surface area contributed by atoms with Crippen LogP contribution in [0.1, 0.15) is 20.8 Å². The fourth-order valence-electron chi connectivity index (χ4n) is 0.250. The molecule has 0 bridgehead atoms. The molecule has 52 valence electrons. The predicted octanol–water partition coefficient (Wildman–Crippen LogP) is -0.811. The van der Waals surface area contributed by atoms with Crippen molar-refractivity contribution in [3.05, 3.63) is 0 Å². The van der Waals surface area contributed by atoms with E-state index in [2.05, 4.69) is 4.58 Å². The summed E-state index contributed by atoms with van der Waals surface area (Å²) in [6, 6.07) is 0. The van der Waals surface area contributed by atoms with Crippen LogP contribution in [-0.2, 0) is 9.46 Å². The van der Waals surface area contributed by atoms with Crippen LogP contribution in [-0.4, -0.2) is 21.6 Å². The molecule has 0 heterocycles. The highest BCUT2D eigenvalue weighted by Gasteiger charge is 2.08.